The summed E-state index contributed by atoms with van der Waals surface area (Å²) in [6.07, 6.45) is -0.305. The molecule has 0 unspecified atom stereocenters. The summed E-state index contributed by atoms with van der Waals surface area (Å²) in [6.45, 7) is 5.04. The Bertz CT molecular complexity index is 1300. The van der Waals surface area contributed by atoms with Gasteiger partial charge in [-0.25, -0.2) is 14.4 Å². The Morgan fingerprint density at radius 3 is 2.02 bits per heavy atom. The van der Waals surface area contributed by atoms with E-state index >= 15 is 0 Å². The van der Waals surface area contributed by atoms with Crippen molar-refractivity contribution in [2.45, 2.75) is 58.0 Å². The van der Waals surface area contributed by atoms with Gasteiger partial charge in [0.2, 0.25) is 5.96 Å². The highest BCUT2D eigenvalue weighted by Gasteiger charge is 2.67. The number of hydrogen-bond acceptors (Lipinski definition) is 10. The Hall–Kier alpha value is -4.65. The van der Waals surface area contributed by atoms with Crippen LogP contribution in [-0.4, -0.2) is 66.3 Å². The van der Waals surface area contributed by atoms with Gasteiger partial charge in [-0.1, -0.05) is 60.7 Å². The van der Waals surface area contributed by atoms with Crippen molar-refractivity contribution in [3.63, 3.8) is 0 Å². The third-order valence-electron chi connectivity index (χ3n) is 6.92. The number of hydrazine groups is 1. The molecule has 1 aliphatic rings. The monoisotopic (exact) mass is 611 g/mol. The van der Waals surface area contributed by atoms with Gasteiger partial charge in [-0.05, 0) is 63.7 Å². The first-order chi connectivity index (χ1) is 20.9. The molecule has 3 atom stereocenters. The molecule has 0 bridgehead atoms. The quantitative estimate of drug-likeness (QED) is 0.0774. The molecule has 1 fully saturated rings. The summed E-state index contributed by atoms with van der Waals surface area (Å²) in [5.74, 6) is -6.83. The van der Waals surface area contributed by atoms with Crippen molar-refractivity contribution in [2.24, 2.45) is 17.6 Å². The molecular weight excluding hydrogens is 570 g/mol. The summed E-state index contributed by atoms with van der Waals surface area (Å²) >= 11 is 0. The summed E-state index contributed by atoms with van der Waals surface area (Å²) in [7, 11) is 1.01. The number of ether oxygens (including phenoxy) is 4. The van der Waals surface area contributed by atoms with Gasteiger partial charge in [0.05, 0.1) is 7.11 Å². The summed E-state index contributed by atoms with van der Waals surface area (Å²) in [6, 6.07) is 17.5. The highest BCUT2D eigenvalue weighted by Crippen LogP contribution is 2.38. The lowest BCUT2D eigenvalue weighted by Crippen LogP contribution is -2.75. The van der Waals surface area contributed by atoms with Crippen molar-refractivity contribution in [2.75, 3.05) is 20.2 Å². The highest BCUT2D eigenvalue weighted by molar-refractivity contribution is 6.11. The first-order valence-corrected chi connectivity index (χ1v) is 14.2. The number of carbonyl (C=O) groups excluding carboxylic acids is 4. The normalized spacial score (nSPS) is 16.8. The van der Waals surface area contributed by atoms with Crippen LogP contribution in [0.3, 0.4) is 0 Å². The topological polar surface area (TPSA) is 182 Å². The van der Waals surface area contributed by atoms with E-state index in [9.17, 15) is 19.2 Å². The molecule has 238 valence electrons. The van der Waals surface area contributed by atoms with Gasteiger partial charge < -0.3 is 30.0 Å². The number of nitrogens with zero attached hydrogens (tertiary/aromatic N) is 1. The van der Waals surface area contributed by atoms with Crippen LogP contribution >= 0.6 is 0 Å². The smallest absolute Gasteiger partial charge is 0.430 e. The first kappa shape index (κ1) is 33.8. The van der Waals surface area contributed by atoms with E-state index in [0.717, 1.165) is 7.11 Å². The number of piperidine rings is 1. The molecule has 0 radical (unpaired) electrons. The summed E-state index contributed by atoms with van der Waals surface area (Å²) < 4.78 is 22.1. The first-order valence-electron chi connectivity index (χ1n) is 14.2. The molecule has 1 saturated heterocycles. The predicted molar refractivity (Wildman–Crippen MR) is 159 cm³/mol. The predicted octanol–water partition coefficient (Wildman–Crippen LogP) is 2.64. The van der Waals surface area contributed by atoms with E-state index < -0.39 is 52.9 Å². The van der Waals surface area contributed by atoms with Crippen molar-refractivity contribution in [3.05, 3.63) is 71.8 Å². The fourth-order valence-corrected chi connectivity index (χ4v) is 5.04. The zero-order valence-electron chi connectivity index (χ0n) is 25.5. The minimum atomic E-state index is -2.88. The molecule has 44 heavy (non-hydrogen) atoms. The number of benzene rings is 2. The lowest BCUT2D eigenvalue weighted by molar-refractivity contribution is -0.191. The summed E-state index contributed by atoms with van der Waals surface area (Å²) in [5, 5.41) is 11.6. The van der Waals surface area contributed by atoms with E-state index in [0.29, 0.717) is 35.5 Å². The van der Waals surface area contributed by atoms with Crippen molar-refractivity contribution >= 4 is 30.0 Å². The Kier molecular flexibility index (Phi) is 11.7. The van der Waals surface area contributed by atoms with Gasteiger partial charge in [0, 0.05) is 0 Å². The number of nitrogens with one attached hydrogen (secondary N) is 3. The molecule has 0 aromatic heterocycles. The molecule has 2 aromatic rings. The fraction of sp³-hybridized carbons (Fsp3) is 0.452. The second-order valence-corrected chi connectivity index (χ2v) is 11.3. The van der Waals surface area contributed by atoms with Crippen molar-refractivity contribution in [1.82, 2.24) is 15.8 Å². The minimum Gasteiger partial charge on any atom is -0.467 e. The third kappa shape index (κ3) is 8.47. The van der Waals surface area contributed by atoms with Gasteiger partial charge >= 0.3 is 24.0 Å². The van der Waals surface area contributed by atoms with Crippen LogP contribution in [0, 0.1) is 17.2 Å². The van der Waals surface area contributed by atoms with E-state index in [-0.39, 0.29) is 19.8 Å². The average Bonchev–Trinajstić information content (AvgIpc) is 3.00. The van der Waals surface area contributed by atoms with E-state index in [1.54, 1.807) is 81.4 Å². The Morgan fingerprint density at radius 1 is 0.977 bits per heavy atom. The lowest BCUT2D eigenvalue weighted by atomic mass is 9.72. The van der Waals surface area contributed by atoms with E-state index in [1.165, 1.54) is 0 Å². The number of hydrogen-bond donors (Lipinski definition) is 4. The van der Waals surface area contributed by atoms with Gasteiger partial charge in [-0.15, -0.1) is 0 Å². The van der Waals surface area contributed by atoms with E-state index in [2.05, 4.69) is 10.7 Å². The molecule has 5 N–H and O–H groups in total. The standard InChI is InChI=1S/C31H41N5O8/c1-30(2,3)44-29(40)36(35-28(32)33)31(26(38)41-4,27(39)43-20-22-14-9-6-10-15-22)24(23-16-11-17-34-18-23)25(37)42-19-21-12-7-5-8-13-21/h5-10,12-15,23-24,34H,11,16-20H2,1-4H3,(H4,32,33,35)/t23-,24+,31+/m1/s1. The van der Waals surface area contributed by atoms with Crippen LogP contribution in [0.1, 0.15) is 44.7 Å². The molecule has 0 saturated carbocycles. The van der Waals surface area contributed by atoms with Crippen molar-refractivity contribution in [3.8, 4) is 0 Å². The van der Waals surface area contributed by atoms with E-state index in [4.69, 9.17) is 30.1 Å². The van der Waals surface area contributed by atoms with E-state index in [1.807, 2.05) is 0 Å². The molecule has 1 aliphatic heterocycles. The summed E-state index contributed by atoms with van der Waals surface area (Å²) in [5.41, 5.74) is 5.18. The molecule has 1 amide bonds. The zero-order valence-corrected chi connectivity index (χ0v) is 25.5. The van der Waals surface area contributed by atoms with Crippen LogP contribution in [0.4, 0.5) is 4.79 Å². The maximum absolute atomic E-state index is 14.4. The number of carbonyl (C=O) groups is 4. The van der Waals surface area contributed by atoms with Gasteiger partial charge in [0.1, 0.15) is 24.7 Å². The van der Waals surface area contributed by atoms with Crippen LogP contribution in [0.2, 0.25) is 0 Å². The Labute approximate surface area is 256 Å². The number of amides is 1. The number of guanidine groups is 1. The fourth-order valence-electron chi connectivity index (χ4n) is 5.04. The zero-order chi connectivity index (χ0) is 32.3. The van der Waals surface area contributed by atoms with Gasteiger partial charge in [-0.3, -0.25) is 15.6 Å². The largest absolute Gasteiger partial charge is 0.467 e. The number of methoxy groups -OCH3 is 1. The maximum Gasteiger partial charge on any atom is 0.430 e. The molecular formula is C31H41N5O8. The van der Waals surface area contributed by atoms with Crippen molar-refractivity contribution < 1.29 is 38.1 Å². The maximum atomic E-state index is 14.4. The molecule has 0 aliphatic carbocycles. The molecule has 3 rings (SSSR count). The lowest BCUT2D eigenvalue weighted by Gasteiger charge is -2.45. The number of esters is 3. The van der Waals surface area contributed by atoms with Crippen LogP contribution in [0.15, 0.2) is 60.7 Å². The Morgan fingerprint density at radius 2 is 1.55 bits per heavy atom. The second-order valence-electron chi connectivity index (χ2n) is 11.3. The Balaban J connectivity index is 2.24. The van der Waals surface area contributed by atoms with Crippen molar-refractivity contribution in [1.29, 1.82) is 5.41 Å². The number of nitrogens with two attached hydrogens (primary N) is 1. The third-order valence-corrected chi connectivity index (χ3v) is 6.92. The summed E-state index contributed by atoms with van der Waals surface area (Å²) in [4.78, 5) is 56.6. The SMILES string of the molecule is COC(=O)[C@](C(=O)OCc1ccccc1)([C@H](C(=O)OCc1ccccc1)[C@@H]1CCCNC1)N(NC(=N)N)C(=O)OC(C)(C)C. The second kappa shape index (κ2) is 15.2. The molecule has 13 heteroatoms. The van der Waals surface area contributed by atoms with Crippen LogP contribution < -0.4 is 16.5 Å². The van der Waals surface area contributed by atoms with Crippen LogP contribution in [0.5, 0.6) is 0 Å². The minimum absolute atomic E-state index is 0.181. The van der Waals surface area contributed by atoms with Gasteiger partial charge in [0.25, 0.3) is 5.54 Å². The van der Waals surface area contributed by atoms with Gasteiger partial charge in [-0.2, -0.15) is 5.01 Å². The number of rotatable bonds is 10. The molecule has 2 aromatic carbocycles. The van der Waals surface area contributed by atoms with Crippen LogP contribution in [0.25, 0.3) is 0 Å². The highest BCUT2D eigenvalue weighted by atomic mass is 16.6. The molecule has 13 nitrogen and oxygen atoms in total. The van der Waals surface area contributed by atoms with Crippen LogP contribution in [-0.2, 0) is 46.5 Å². The molecule has 0 spiro atoms. The van der Waals surface area contributed by atoms with Gasteiger partial charge in [0.15, 0.2) is 0 Å². The molecule has 1 heterocycles. The average molecular weight is 612 g/mol.